The van der Waals surface area contributed by atoms with Gasteiger partial charge in [0.15, 0.2) is 5.96 Å². The van der Waals surface area contributed by atoms with Gasteiger partial charge < -0.3 is 15.4 Å². The molecule has 0 atom stereocenters. The predicted molar refractivity (Wildman–Crippen MR) is 125 cm³/mol. The monoisotopic (exact) mass is 428 g/mol. The molecule has 3 aliphatic heterocycles. The molecule has 2 N–H and O–H groups in total. The van der Waals surface area contributed by atoms with E-state index < -0.39 is 0 Å². The van der Waals surface area contributed by atoms with Gasteiger partial charge >= 0.3 is 0 Å². The number of pyridine rings is 1. The fourth-order valence-corrected chi connectivity index (χ4v) is 5.21. The van der Waals surface area contributed by atoms with Gasteiger partial charge in [0.05, 0.1) is 12.2 Å². The summed E-state index contributed by atoms with van der Waals surface area (Å²) >= 11 is 0. The van der Waals surface area contributed by atoms with E-state index in [0.717, 1.165) is 83.3 Å². The number of nitrogens with one attached hydrogen (secondary N) is 2. The Morgan fingerprint density at radius 3 is 2.61 bits per heavy atom. The topological polar surface area (TPSA) is 65.0 Å². The van der Waals surface area contributed by atoms with E-state index in [0.29, 0.717) is 6.04 Å². The third-order valence-corrected chi connectivity index (χ3v) is 7.12. The third kappa shape index (κ3) is 6.18. The van der Waals surface area contributed by atoms with Crippen LogP contribution in [0.3, 0.4) is 0 Å². The number of ether oxygens (including phenoxy) is 1. The number of piperidine rings is 1. The summed E-state index contributed by atoms with van der Waals surface area (Å²) in [6, 6.07) is 6.65. The molecule has 0 radical (unpaired) electrons. The Morgan fingerprint density at radius 1 is 1.16 bits per heavy atom. The molecule has 0 saturated carbocycles. The first-order valence-corrected chi connectivity index (χ1v) is 12.3. The van der Waals surface area contributed by atoms with Gasteiger partial charge in [0, 0.05) is 57.2 Å². The minimum absolute atomic E-state index is 0.184. The Balaban J connectivity index is 1.31. The van der Waals surface area contributed by atoms with Crippen molar-refractivity contribution in [1.29, 1.82) is 0 Å². The second kappa shape index (κ2) is 11.2. The predicted octanol–water partition coefficient (Wildman–Crippen LogP) is 2.25. The summed E-state index contributed by atoms with van der Waals surface area (Å²) in [4.78, 5) is 14.8. The number of aromatic nitrogens is 1. The van der Waals surface area contributed by atoms with Crippen LogP contribution >= 0.6 is 0 Å². The molecule has 1 aromatic rings. The number of guanidine groups is 1. The summed E-state index contributed by atoms with van der Waals surface area (Å²) in [5.74, 6) is 0.982. The largest absolute Gasteiger partial charge is 0.381 e. The molecule has 4 heterocycles. The molecule has 7 heteroatoms. The molecule has 3 aliphatic rings. The van der Waals surface area contributed by atoms with E-state index in [1.165, 1.54) is 25.9 Å². The van der Waals surface area contributed by atoms with Crippen molar-refractivity contribution in [3.63, 3.8) is 0 Å². The minimum atomic E-state index is 0.184. The first kappa shape index (κ1) is 22.5. The smallest absolute Gasteiger partial charge is 0.191 e. The molecule has 0 aliphatic carbocycles. The molecular formula is C24H40N6O. The van der Waals surface area contributed by atoms with E-state index in [-0.39, 0.29) is 5.54 Å². The molecule has 0 amide bonds. The summed E-state index contributed by atoms with van der Waals surface area (Å²) in [6.45, 7) is 11.2. The minimum Gasteiger partial charge on any atom is -0.381 e. The van der Waals surface area contributed by atoms with Gasteiger partial charge in [0.2, 0.25) is 0 Å². The first-order chi connectivity index (χ1) is 15.3. The van der Waals surface area contributed by atoms with E-state index in [9.17, 15) is 0 Å². The van der Waals surface area contributed by atoms with Crippen molar-refractivity contribution in [3.8, 4) is 0 Å². The van der Waals surface area contributed by atoms with Gasteiger partial charge in [-0.3, -0.25) is 19.8 Å². The van der Waals surface area contributed by atoms with E-state index in [1.54, 1.807) is 0 Å². The number of nitrogens with zero attached hydrogens (tertiary/aromatic N) is 4. The number of likely N-dealkylation sites (tertiary alicyclic amines) is 2. The van der Waals surface area contributed by atoms with Gasteiger partial charge in [-0.15, -0.1) is 0 Å². The summed E-state index contributed by atoms with van der Waals surface area (Å²) in [7, 11) is 0. The quantitative estimate of drug-likeness (QED) is 0.513. The standard InChI is InChI=1S/C24H40N6O/c1-2-25-23(27-20-24(10-17-31-18-11-24)30-13-5-6-14-30)28-21-8-15-29(16-9-21)19-22-7-3-4-12-26-22/h3-4,7,12,21H,2,5-6,8-11,13-20H2,1H3,(H2,25,27,28). The summed E-state index contributed by atoms with van der Waals surface area (Å²) in [5, 5.41) is 7.23. The van der Waals surface area contributed by atoms with Crippen LogP contribution in [0.2, 0.25) is 0 Å². The molecule has 1 aromatic heterocycles. The highest BCUT2D eigenvalue weighted by Crippen LogP contribution is 2.31. The molecular weight excluding hydrogens is 388 g/mol. The zero-order valence-electron chi connectivity index (χ0n) is 19.2. The zero-order chi connectivity index (χ0) is 21.4. The van der Waals surface area contributed by atoms with Crippen molar-refractivity contribution in [2.24, 2.45) is 4.99 Å². The first-order valence-electron chi connectivity index (χ1n) is 12.3. The summed E-state index contributed by atoms with van der Waals surface area (Å²) < 4.78 is 5.70. The number of rotatable bonds is 7. The maximum absolute atomic E-state index is 5.70. The Hall–Kier alpha value is -1.70. The van der Waals surface area contributed by atoms with E-state index >= 15 is 0 Å². The second-order valence-electron chi connectivity index (χ2n) is 9.24. The molecule has 3 fully saturated rings. The highest BCUT2D eigenvalue weighted by Gasteiger charge is 2.39. The Bertz CT molecular complexity index is 677. The fourth-order valence-electron chi connectivity index (χ4n) is 5.21. The normalized spacial score (nSPS) is 23.7. The Labute approximate surface area is 187 Å². The molecule has 3 saturated heterocycles. The molecule has 0 spiro atoms. The molecule has 0 aromatic carbocycles. The van der Waals surface area contributed by atoms with Crippen LogP contribution in [-0.4, -0.2) is 84.8 Å². The molecule has 0 bridgehead atoms. The van der Waals surface area contributed by atoms with Crippen molar-refractivity contribution in [3.05, 3.63) is 30.1 Å². The average Bonchev–Trinajstić information content (AvgIpc) is 3.36. The lowest BCUT2D eigenvalue weighted by Gasteiger charge is -2.43. The highest BCUT2D eigenvalue weighted by molar-refractivity contribution is 5.80. The summed E-state index contributed by atoms with van der Waals surface area (Å²) in [5.41, 5.74) is 1.34. The van der Waals surface area contributed by atoms with Crippen molar-refractivity contribution >= 4 is 5.96 Å². The number of hydrogen-bond acceptors (Lipinski definition) is 5. The maximum Gasteiger partial charge on any atom is 0.191 e. The summed E-state index contributed by atoms with van der Waals surface area (Å²) in [6.07, 6.45) is 9.01. The molecule has 172 valence electrons. The van der Waals surface area contributed by atoms with Crippen LogP contribution in [0.25, 0.3) is 0 Å². The van der Waals surface area contributed by atoms with Crippen LogP contribution in [0.4, 0.5) is 0 Å². The Kier molecular flexibility index (Phi) is 8.16. The molecule has 7 nitrogen and oxygen atoms in total. The zero-order valence-corrected chi connectivity index (χ0v) is 19.2. The van der Waals surface area contributed by atoms with E-state index in [2.05, 4.69) is 44.5 Å². The van der Waals surface area contributed by atoms with Crippen molar-refractivity contribution < 1.29 is 4.74 Å². The maximum atomic E-state index is 5.70. The molecule has 31 heavy (non-hydrogen) atoms. The lowest BCUT2D eigenvalue weighted by molar-refractivity contribution is -0.0139. The second-order valence-corrected chi connectivity index (χ2v) is 9.24. The van der Waals surface area contributed by atoms with Gasteiger partial charge in [-0.05, 0) is 70.7 Å². The SMILES string of the molecule is CCNC(=NCC1(N2CCCC2)CCOCC1)NC1CCN(Cc2ccccn2)CC1. The van der Waals surface area contributed by atoms with Crippen LogP contribution in [0, 0.1) is 0 Å². The lowest BCUT2D eigenvalue weighted by Crippen LogP contribution is -2.54. The van der Waals surface area contributed by atoms with Gasteiger partial charge in [0.25, 0.3) is 0 Å². The van der Waals surface area contributed by atoms with Crippen LogP contribution in [-0.2, 0) is 11.3 Å². The van der Waals surface area contributed by atoms with Crippen molar-refractivity contribution in [1.82, 2.24) is 25.4 Å². The lowest BCUT2D eigenvalue weighted by atomic mass is 9.88. The molecule has 0 unspecified atom stereocenters. The highest BCUT2D eigenvalue weighted by atomic mass is 16.5. The van der Waals surface area contributed by atoms with Crippen molar-refractivity contribution in [2.75, 3.05) is 52.5 Å². The average molecular weight is 429 g/mol. The van der Waals surface area contributed by atoms with Gasteiger partial charge in [-0.25, -0.2) is 0 Å². The van der Waals surface area contributed by atoms with Crippen LogP contribution in [0.1, 0.15) is 51.1 Å². The van der Waals surface area contributed by atoms with Crippen LogP contribution in [0.15, 0.2) is 29.4 Å². The third-order valence-electron chi connectivity index (χ3n) is 7.12. The van der Waals surface area contributed by atoms with Gasteiger partial charge in [0.1, 0.15) is 0 Å². The fraction of sp³-hybridized carbons (Fsp3) is 0.750. The van der Waals surface area contributed by atoms with Crippen LogP contribution < -0.4 is 10.6 Å². The van der Waals surface area contributed by atoms with Crippen molar-refractivity contribution in [2.45, 2.75) is 63.6 Å². The Morgan fingerprint density at radius 2 is 1.94 bits per heavy atom. The van der Waals surface area contributed by atoms with E-state index in [1.807, 2.05) is 12.3 Å². The molecule has 4 rings (SSSR count). The van der Waals surface area contributed by atoms with Crippen LogP contribution in [0.5, 0.6) is 0 Å². The number of aliphatic imine (C=N–C) groups is 1. The number of hydrogen-bond donors (Lipinski definition) is 2. The van der Waals surface area contributed by atoms with Gasteiger partial charge in [-0.2, -0.15) is 0 Å². The van der Waals surface area contributed by atoms with Gasteiger partial charge in [-0.1, -0.05) is 6.07 Å². The van der Waals surface area contributed by atoms with E-state index in [4.69, 9.17) is 9.73 Å².